The van der Waals surface area contributed by atoms with E-state index < -0.39 is 30.3 Å². The van der Waals surface area contributed by atoms with Gasteiger partial charge in [-0.2, -0.15) is 18.2 Å². The number of aromatic carboxylic acids is 1. The van der Waals surface area contributed by atoms with Gasteiger partial charge in [-0.25, -0.2) is 9.78 Å². The second-order valence-electron chi connectivity index (χ2n) is 3.99. The molecule has 5 nitrogen and oxygen atoms in total. The minimum atomic E-state index is -4.54. The first kappa shape index (κ1) is 14.8. The molecule has 0 aliphatic heterocycles. The Hall–Kier alpha value is -2.64. The highest BCUT2D eigenvalue weighted by molar-refractivity contribution is 5.86. The lowest BCUT2D eigenvalue weighted by Crippen LogP contribution is -2.20. The molecular formula is C13H9F3N2O3. The van der Waals surface area contributed by atoms with Gasteiger partial charge in [-0.1, -0.05) is 30.3 Å². The maximum Gasteiger partial charge on any atom is 0.422 e. The predicted molar refractivity (Wildman–Crippen MR) is 66.0 cm³/mol. The van der Waals surface area contributed by atoms with Crippen molar-refractivity contribution in [3.05, 3.63) is 42.1 Å². The minimum Gasteiger partial charge on any atom is -0.477 e. The number of carboxylic acid groups (broad SMARTS) is 1. The van der Waals surface area contributed by atoms with Crippen LogP contribution in [0.3, 0.4) is 0 Å². The van der Waals surface area contributed by atoms with Gasteiger partial charge in [0.15, 0.2) is 18.1 Å². The molecule has 8 heteroatoms. The zero-order chi connectivity index (χ0) is 15.5. The van der Waals surface area contributed by atoms with Crippen LogP contribution >= 0.6 is 0 Å². The van der Waals surface area contributed by atoms with Crippen molar-refractivity contribution in [3.8, 4) is 17.3 Å². The molecule has 110 valence electrons. The summed E-state index contributed by atoms with van der Waals surface area (Å²) in [5.74, 6) is -1.85. The predicted octanol–water partition coefficient (Wildman–Crippen LogP) is 2.78. The van der Waals surface area contributed by atoms with E-state index >= 15 is 0 Å². The van der Waals surface area contributed by atoms with E-state index in [1.54, 1.807) is 30.3 Å². The average molecular weight is 298 g/mol. The Morgan fingerprint density at radius 3 is 2.43 bits per heavy atom. The Balaban J connectivity index is 2.37. The van der Waals surface area contributed by atoms with Crippen molar-refractivity contribution in [2.45, 2.75) is 6.18 Å². The Bertz CT molecular complexity index is 645. The summed E-state index contributed by atoms with van der Waals surface area (Å²) in [5.41, 5.74) is 0.0264. The lowest BCUT2D eigenvalue weighted by molar-refractivity contribution is -0.154. The molecule has 0 aliphatic carbocycles. The van der Waals surface area contributed by atoms with Crippen LogP contribution in [0.15, 0.2) is 36.4 Å². The normalized spacial score (nSPS) is 11.2. The number of halogens is 3. The van der Waals surface area contributed by atoms with Crippen molar-refractivity contribution in [1.29, 1.82) is 0 Å². The number of ether oxygens (including phenoxy) is 1. The molecule has 0 saturated carbocycles. The summed E-state index contributed by atoms with van der Waals surface area (Å²) in [6.45, 7) is -1.56. The molecule has 21 heavy (non-hydrogen) atoms. The van der Waals surface area contributed by atoms with Gasteiger partial charge in [0.1, 0.15) is 0 Å². The Morgan fingerprint density at radius 2 is 1.86 bits per heavy atom. The van der Waals surface area contributed by atoms with E-state index in [4.69, 9.17) is 5.11 Å². The molecule has 0 fully saturated rings. The highest BCUT2D eigenvalue weighted by Gasteiger charge is 2.29. The molecule has 0 saturated heterocycles. The van der Waals surface area contributed by atoms with Crippen LogP contribution in [0.25, 0.3) is 11.4 Å². The molecule has 0 atom stereocenters. The highest BCUT2D eigenvalue weighted by atomic mass is 19.4. The fourth-order valence-electron chi connectivity index (χ4n) is 1.48. The molecule has 2 rings (SSSR count). The fraction of sp³-hybridized carbons (Fsp3) is 0.154. The van der Waals surface area contributed by atoms with Crippen molar-refractivity contribution in [2.24, 2.45) is 0 Å². The van der Waals surface area contributed by atoms with Crippen LogP contribution in [-0.2, 0) is 0 Å². The summed E-state index contributed by atoms with van der Waals surface area (Å²) in [7, 11) is 0. The topological polar surface area (TPSA) is 72.3 Å². The van der Waals surface area contributed by atoms with E-state index in [1.165, 1.54) is 0 Å². The maximum atomic E-state index is 12.1. The molecule has 0 spiro atoms. The number of hydrogen-bond donors (Lipinski definition) is 1. The minimum absolute atomic E-state index is 0.0207. The molecule has 0 aliphatic rings. The van der Waals surface area contributed by atoms with Gasteiger partial charge in [0.2, 0.25) is 5.88 Å². The van der Waals surface area contributed by atoms with Crippen LogP contribution in [0, 0.1) is 0 Å². The lowest BCUT2D eigenvalue weighted by Gasteiger charge is -2.10. The molecule has 0 bridgehead atoms. The summed E-state index contributed by atoms with van der Waals surface area (Å²) in [5, 5.41) is 8.94. The zero-order valence-electron chi connectivity index (χ0n) is 10.5. The van der Waals surface area contributed by atoms with E-state index in [0.717, 1.165) is 6.07 Å². The van der Waals surface area contributed by atoms with E-state index in [1.807, 2.05) is 0 Å². The SMILES string of the molecule is O=C(O)c1cc(OCC(F)(F)F)nc(-c2ccccc2)n1. The molecular weight excluding hydrogens is 289 g/mol. The van der Waals surface area contributed by atoms with Gasteiger partial charge >= 0.3 is 12.1 Å². The average Bonchev–Trinajstić information content (AvgIpc) is 2.45. The molecule has 0 radical (unpaired) electrons. The number of alkyl halides is 3. The first-order valence-corrected chi connectivity index (χ1v) is 5.72. The summed E-state index contributed by atoms with van der Waals surface area (Å²) < 4.78 is 40.9. The second-order valence-corrected chi connectivity index (χ2v) is 3.99. The van der Waals surface area contributed by atoms with E-state index in [2.05, 4.69) is 14.7 Å². The standard InChI is InChI=1S/C13H9F3N2O3/c14-13(15,16)7-21-10-6-9(12(19)20)17-11(18-10)8-4-2-1-3-5-8/h1-6H,7H2,(H,19,20). The number of rotatable bonds is 4. The second kappa shape index (κ2) is 5.78. The number of carboxylic acids is 1. The molecule has 2 aromatic rings. The van der Waals surface area contributed by atoms with Crippen LogP contribution in [0.1, 0.15) is 10.5 Å². The third kappa shape index (κ3) is 4.16. The molecule has 1 aromatic carbocycles. The first-order valence-electron chi connectivity index (χ1n) is 5.72. The van der Waals surface area contributed by atoms with Crippen molar-refractivity contribution < 1.29 is 27.8 Å². The van der Waals surface area contributed by atoms with Crippen molar-refractivity contribution in [1.82, 2.24) is 9.97 Å². The largest absolute Gasteiger partial charge is 0.477 e. The first-order chi connectivity index (χ1) is 9.85. The van der Waals surface area contributed by atoms with Crippen LogP contribution in [-0.4, -0.2) is 33.8 Å². The number of nitrogens with zero attached hydrogens (tertiary/aromatic N) is 2. The number of aromatic nitrogens is 2. The molecule has 1 N–H and O–H groups in total. The third-order valence-corrected chi connectivity index (χ3v) is 2.34. The van der Waals surface area contributed by atoms with Crippen LogP contribution in [0.5, 0.6) is 5.88 Å². The van der Waals surface area contributed by atoms with Gasteiger partial charge in [-0.3, -0.25) is 0 Å². The summed E-state index contributed by atoms with van der Waals surface area (Å²) >= 11 is 0. The Morgan fingerprint density at radius 1 is 1.19 bits per heavy atom. The van der Waals surface area contributed by atoms with Crippen molar-refractivity contribution in [2.75, 3.05) is 6.61 Å². The third-order valence-electron chi connectivity index (χ3n) is 2.34. The Kier molecular flexibility index (Phi) is 4.06. The van der Waals surface area contributed by atoms with Crippen LogP contribution in [0.2, 0.25) is 0 Å². The van der Waals surface area contributed by atoms with E-state index in [9.17, 15) is 18.0 Å². The smallest absolute Gasteiger partial charge is 0.422 e. The number of hydrogen-bond acceptors (Lipinski definition) is 4. The Labute approximate surface area is 117 Å². The summed E-state index contributed by atoms with van der Waals surface area (Å²) in [6, 6.07) is 9.12. The summed E-state index contributed by atoms with van der Waals surface area (Å²) in [4.78, 5) is 18.5. The van der Waals surface area contributed by atoms with E-state index in [-0.39, 0.29) is 5.82 Å². The van der Waals surface area contributed by atoms with E-state index in [0.29, 0.717) is 5.56 Å². The van der Waals surface area contributed by atoms with Crippen molar-refractivity contribution in [3.63, 3.8) is 0 Å². The lowest BCUT2D eigenvalue weighted by atomic mass is 10.2. The molecule has 0 unspecified atom stereocenters. The quantitative estimate of drug-likeness (QED) is 0.939. The van der Waals surface area contributed by atoms with Gasteiger partial charge in [0.05, 0.1) is 0 Å². The fourth-order valence-corrected chi connectivity index (χ4v) is 1.48. The van der Waals surface area contributed by atoms with Crippen LogP contribution in [0.4, 0.5) is 13.2 Å². The van der Waals surface area contributed by atoms with Gasteiger partial charge in [0.25, 0.3) is 0 Å². The monoisotopic (exact) mass is 298 g/mol. The molecule has 1 aromatic heterocycles. The molecule has 1 heterocycles. The highest BCUT2D eigenvalue weighted by Crippen LogP contribution is 2.21. The van der Waals surface area contributed by atoms with Gasteiger partial charge in [0, 0.05) is 11.6 Å². The van der Waals surface area contributed by atoms with Gasteiger partial charge < -0.3 is 9.84 Å². The number of carbonyl (C=O) groups is 1. The molecule has 0 amide bonds. The van der Waals surface area contributed by atoms with Crippen molar-refractivity contribution >= 4 is 5.97 Å². The maximum absolute atomic E-state index is 12.1. The number of benzene rings is 1. The van der Waals surface area contributed by atoms with Crippen LogP contribution < -0.4 is 4.74 Å². The summed E-state index contributed by atoms with van der Waals surface area (Å²) in [6.07, 6.45) is -4.54. The van der Waals surface area contributed by atoms with Gasteiger partial charge in [-0.15, -0.1) is 0 Å². The van der Waals surface area contributed by atoms with Gasteiger partial charge in [-0.05, 0) is 0 Å². The zero-order valence-corrected chi connectivity index (χ0v) is 10.5.